The maximum absolute atomic E-state index is 5.40. The SMILES string of the molecule is c1ccc(-c2ccccc2-c2nc(-c3ccccc3-c3cc(-n4c5ccccc5c5ccccc54)c4ccccc4c3)nc(-c3cccc4c3sc3ccccc34)n2)cc1. The van der Waals surface area contributed by atoms with Crippen LogP contribution in [0.4, 0.5) is 0 Å². The van der Waals surface area contributed by atoms with Crippen LogP contribution in [0.1, 0.15) is 0 Å². The van der Waals surface area contributed by atoms with Crippen molar-refractivity contribution in [2.45, 2.75) is 0 Å². The number of thiophene rings is 1. The molecule has 9 aromatic carbocycles. The van der Waals surface area contributed by atoms with E-state index in [1.807, 2.05) is 6.07 Å². The van der Waals surface area contributed by atoms with Crippen molar-refractivity contribution < 1.29 is 0 Å². The highest BCUT2D eigenvalue weighted by Gasteiger charge is 2.21. The van der Waals surface area contributed by atoms with Gasteiger partial charge in [0, 0.05) is 53.0 Å². The maximum atomic E-state index is 5.40. The lowest BCUT2D eigenvalue weighted by molar-refractivity contribution is 1.08. The summed E-state index contributed by atoms with van der Waals surface area (Å²) in [6.07, 6.45) is 0. The van der Waals surface area contributed by atoms with Crippen LogP contribution in [0.15, 0.2) is 206 Å². The molecule has 0 aliphatic carbocycles. The number of rotatable bonds is 6. The topological polar surface area (TPSA) is 43.6 Å². The first kappa shape index (κ1) is 34.3. The van der Waals surface area contributed by atoms with Crippen molar-refractivity contribution in [3.63, 3.8) is 0 Å². The van der Waals surface area contributed by atoms with Gasteiger partial charge in [-0.05, 0) is 64.0 Å². The zero-order valence-corrected chi connectivity index (χ0v) is 33.1. The highest BCUT2D eigenvalue weighted by atomic mass is 32.1. The Morgan fingerprint density at radius 3 is 1.50 bits per heavy atom. The van der Waals surface area contributed by atoms with Crippen molar-refractivity contribution in [1.29, 1.82) is 0 Å². The summed E-state index contributed by atoms with van der Waals surface area (Å²) in [7, 11) is 0. The highest BCUT2D eigenvalue weighted by molar-refractivity contribution is 7.26. The fourth-order valence-electron chi connectivity index (χ4n) is 8.95. The van der Waals surface area contributed by atoms with E-state index in [1.165, 1.54) is 42.7 Å². The summed E-state index contributed by atoms with van der Waals surface area (Å²) in [6.45, 7) is 0. The molecule has 0 spiro atoms. The summed E-state index contributed by atoms with van der Waals surface area (Å²) in [4.78, 5) is 16.1. The van der Waals surface area contributed by atoms with E-state index in [4.69, 9.17) is 15.0 Å². The number of hydrogen-bond acceptors (Lipinski definition) is 4. The molecule has 0 saturated carbocycles. The molecule has 0 saturated heterocycles. The Morgan fingerprint density at radius 1 is 0.333 bits per heavy atom. The molecule has 3 heterocycles. The van der Waals surface area contributed by atoms with Crippen LogP contribution in [0.25, 0.3) is 115 Å². The first-order valence-electron chi connectivity index (χ1n) is 20.2. The fraction of sp³-hybridized carbons (Fsp3) is 0. The van der Waals surface area contributed by atoms with Gasteiger partial charge in [-0.3, -0.25) is 0 Å². The quantitative estimate of drug-likeness (QED) is 0.169. The predicted octanol–water partition coefficient (Wildman–Crippen LogP) is 14.8. The minimum atomic E-state index is 0.623. The number of fused-ring (bicyclic) bond motifs is 7. The lowest BCUT2D eigenvalue weighted by atomic mass is 9.95. The Hall–Kier alpha value is -7.73. The molecule has 5 heteroatoms. The number of hydrogen-bond donors (Lipinski definition) is 0. The summed E-state index contributed by atoms with van der Waals surface area (Å²) < 4.78 is 4.83. The molecular weight excluding hydrogens is 749 g/mol. The summed E-state index contributed by atoms with van der Waals surface area (Å²) >= 11 is 1.79. The second kappa shape index (κ2) is 14.0. The zero-order valence-electron chi connectivity index (χ0n) is 32.3. The standard InChI is InChI=1S/C55H34N4S/c1-2-17-35(18-3-1)38-20-6-8-26-45(38)53-56-54(58-55(57-53)47-29-16-28-44-43-25-12-15-32-51(43)60-52(44)47)46-27-9-7-21-39(46)37-33-36-19-4-5-22-40(36)50(34-37)59-48-30-13-10-23-41(48)42-24-11-14-31-49(42)59/h1-34H. The van der Waals surface area contributed by atoms with Crippen LogP contribution in [-0.2, 0) is 0 Å². The molecule has 60 heavy (non-hydrogen) atoms. The van der Waals surface area contributed by atoms with Gasteiger partial charge in [0.25, 0.3) is 0 Å². The Balaban J connectivity index is 1.12. The van der Waals surface area contributed by atoms with E-state index < -0.39 is 0 Å². The third-order valence-electron chi connectivity index (χ3n) is 11.7. The van der Waals surface area contributed by atoms with Crippen LogP contribution >= 0.6 is 11.3 Å². The van der Waals surface area contributed by atoms with Crippen molar-refractivity contribution in [3.05, 3.63) is 206 Å². The Labute approximate surface area is 350 Å². The molecule has 4 nitrogen and oxygen atoms in total. The molecule has 0 radical (unpaired) electrons. The predicted molar refractivity (Wildman–Crippen MR) is 252 cm³/mol. The van der Waals surface area contributed by atoms with E-state index in [-0.39, 0.29) is 0 Å². The van der Waals surface area contributed by atoms with E-state index in [0.29, 0.717) is 17.5 Å². The summed E-state index contributed by atoms with van der Waals surface area (Å²) in [5.41, 5.74) is 10.7. The van der Waals surface area contributed by atoms with E-state index >= 15 is 0 Å². The van der Waals surface area contributed by atoms with Gasteiger partial charge < -0.3 is 4.57 Å². The third-order valence-corrected chi connectivity index (χ3v) is 12.9. The molecular formula is C55H34N4S. The van der Waals surface area contributed by atoms with E-state index in [1.54, 1.807) is 11.3 Å². The fourth-order valence-corrected chi connectivity index (χ4v) is 10.2. The Kier molecular flexibility index (Phi) is 8.00. The van der Waals surface area contributed by atoms with Gasteiger partial charge in [0.2, 0.25) is 0 Å². The normalized spacial score (nSPS) is 11.7. The van der Waals surface area contributed by atoms with Crippen LogP contribution in [0.5, 0.6) is 0 Å². The molecule has 12 aromatic rings. The molecule has 280 valence electrons. The molecule has 0 atom stereocenters. The summed E-state index contributed by atoms with van der Waals surface area (Å²) in [5, 5.41) is 7.26. The van der Waals surface area contributed by atoms with Crippen molar-refractivity contribution in [1.82, 2.24) is 19.5 Å². The molecule has 12 rings (SSSR count). The molecule has 0 aliphatic heterocycles. The third kappa shape index (κ3) is 5.55. The molecule has 3 aromatic heterocycles. The number of nitrogens with zero attached hydrogens (tertiary/aromatic N) is 4. The maximum Gasteiger partial charge on any atom is 0.165 e. The van der Waals surface area contributed by atoms with E-state index in [9.17, 15) is 0 Å². The highest BCUT2D eigenvalue weighted by Crippen LogP contribution is 2.42. The van der Waals surface area contributed by atoms with E-state index in [2.05, 4.69) is 205 Å². The summed E-state index contributed by atoms with van der Waals surface area (Å²) in [6, 6.07) is 73.3. The molecule has 0 unspecified atom stereocenters. The van der Waals surface area contributed by atoms with Gasteiger partial charge in [0.15, 0.2) is 17.5 Å². The second-order valence-corrected chi connectivity index (χ2v) is 16.2. The van der Waals surface area contributed by atoms with Crippen LogP contribution in [0.3, 0.4) is 0 Å². The number of para-hydroxylation sites is 2. The van der Waals surface area contributed by atoms with E-state index in [0.717, 1.165) is 54.7 Å². The van der Waals surface area contributed by atoms with Gasteiger partial charge in [0.05, 0.1) is 16.7 Å². The van der Waals surface area contributed by atoms with Crippen LogP contribution in [-0.4, -0.2) is 19.5 Å². The van der Waals surface area contributed by atoms with Crippen LogP contribution in [0.2, 0.25) is 0 Å². The molecule has 0 fully saturated rings. The lowest BCUT2D eigenvalue weighted by Gasteiger charge is -2.17. The first-order chi connectivity index (χ1) is 29.8. The number of benzene rings is 9. The minimum Gasteiger partial charge on any atom is -0.309 e. The van der Waals surface area contributed by atoms with Gasteiger partial charge in [-0.25, -0.2) is 15.0 Å². The van der Waals surface area contributed by atoms with Crippen molar-refractivity contribution in [2.75, 3.05) is 0 Å². The minimum absolute atomic E-state index is 0.623. The summed E-state index contributed by atoms with van der Waals surface area (Å²) in [5.74, 6) is 1.90. The number of aromatic nitrogens is 4. The first-order valence-corrected chi connectivity index (χ1v) is 21.0. The average Bonchev–Trinajstić information content (AvgIpc) is 3.87. The van der Waals surface area contributed by atoms with Gasteiger partial charge in [0.1, 0.15) is 0 Å². The van der Waals surface area contributed by atoms with Crippen molar-refractivity contribution in [3.8, 4) is 62.1 Å². The molecule has 0 bridgehead atoms. The van der Waals surface area contributed by atoms with Crippen molar-refractivity contribution in [2.24, 2.45) is 0 Å². The van der Waals surface area contributed by atoms with Gasteiger partial charge >= 0.3 is 0 Å². The molecule has 0 N–H and O–H groups in total. The molecule has 0 amide bonds. The average molecular weight is 783 g/mol. The monoisotopic (exact) mass is 782 g/mol. The zero-order chi connectivity index (χ0) is 39.6. The Bertz CT molecular complexity index is 3570. The van der Waals surface area contributed by atoms with Crippen molar-refractivity contribution >= 4 is 64.1 Å². The van der Waals surface area contributed by atoms with Gasteiger partial charge in [-0.15, -0.1) is 11.3 Å². The second-order valence-electron chi connectivity index (χ2n) is 15.1. The smallest absolute Gasteiger partial charge is 0.165 e. The largest absolute Gasteiger partial charge is 0.309 e. The van der Waals surface area contributed by atoms with Crippen LogP contribution in [0, 0.1) is 0 Å². The van der Waals surface area contributed by atoms with Gasteiger partial charge in [-0.2, -0.15) is 0 Å². The lowest BCUT2D eigenvalue weighted by Crippen LogP contribution is -2.02. The Morgan fingerprint density at radius 2 is 0.817 bits per heavy atom. The molecule has 0 aliphatic rings. The van der Waals surface area contributed by atoms with Crippen LogP contribution < -0.4 is 0 Å². The van der Waals surface area contributed by atoms with Gasteiger partial charge in [-0.1, -0.05) is 170 Å².